The summed E-state index contributed by atoms with van der Waals surface area (Å²) >= 11 is 0. The third kappa shape index (κ3) is 4.92. The van der Waals surface area contributed by atoms with E-state index < -0.39 is 15.9 Å². The van der Waals surface area contributed by atoms with Crippen LogP contribution in [0.5, 0.6) is 0 Å². The quantitative estimate of drug-likeness (QED) is 0.346. The number of amides is 1. The number of piperidine rings is 1. The lowest BCUT2D eigenvalue weighted by Gasteiger charge is -2.34. The zero-order valence-electron chi connectivity index (χ0n) is 21.7. The van der Waals surface area contributed by atoms with E-state index in [0.29, 0.717) is 17.5 Å². The second-order valence-electron chi connectivity index (χ2n) is 10.3. The standard InChI is InChI=1S/C28H31N5O5S/c1-37-17-19-10-13-32(14-11-19)24-16-23(28(34)31-39(35,36)22-12-15-38-18-22)29-27-25(24)26(20-6-5-7-20)30-33(27)21-8-3-2-4-9-21/h2-4,8-9,12,15-16,18-20H,5-7,10-11,13-14,17H2,1H3,(H,31,34). The van der Waals surface area contributed by atoms with Crippen molar-refractivity contribution in [1.82, 2.24) is 19.5 Å². The Bertz CT molecular complexity index is 1570. The van der Waals surface area contributed by atoms with Crippen LogP contribution in [0.1, 0.15) is 54.2 Å². The van der Waals surface area contributed by atoms with E-state index in [0.717, 1.165) is 80.5 Å². The largest absolute Gasteiger partial charge is 0.471 e. The molecule has 10 nitrogen and oxygen atoms in total. The molecule has 4 heterocycles. The molecule has 2 fully saturated rings. The number of nitrogens with zero attached hydrogens (tertiary/aromatic N) is 4. The average molecular weight is 550 g/mol. The maximum atomic E-state index is 13.4. The van der Waals surface area contributed by atoms with Crippen molar-refractivity contribution in [2.75, 3.05) is 31.7 Å². The van der Waals surface area contributed by atoms with E-state index in [-0.39, 0.29) is 10.6 Å². The molecule has 0 bridgehead atoms. The van der Waals surface area contributed by atoms with Gasteiger partial charge in [-0.1, -0.05) is 24.6 Å². The van der Waals surface area contributed by atoms with E-state index in [1.54, 1.807) is 17.9 Å². The fraction of sp³-hybridized carbons (Fsp3) is 0.393. The number of benzene rings is 1. The molecule has 204 valence electrons. The highest BCUT2D eigenvalue weighted by Crippen LogP contribution is 2.43. The third-order valence-electron chi connectivity index (χ3n) is 7.76. The smallest absolute Gasteiger partial charge is 0.283 e. The molecule has 0 radical (unpaired) electrons. The minimum Gasteiger partial charge on any atom is -0.471 e. The molecular formula is C28H31N5O5S. The first kappa shape index (κ1) is 25.6. The average Bonchev–Trinajstić information content (AvgIpc) is 3.58. The van der Waals surface area contributed by atoms with Crippen LogP contribution < -0.4 is 9.62 Å². The molecule has 3 aromatic heterocycles. The first-order valence-electron chi connectivity index (χ1n) is 13.3. The van der Waals surface area contributed by atoms with Crippen LogP contribution in [0.4, 0.5) is 5.69 Å². The fourth-order valence-corrected chi connectivity index (χ4v) is 6.30. The first-order valence-corrected chi connectivity index (χ1v) is 14.7. The lowest BCUT2D eigenvalue weighted by atomic mass is 9.82. The molecule has 39 heavy (non-hydrogen) atoms. The summed E-state index contributed by atoms with van der Waals surface area (Å²) in [6, 6.07) is 12.7. The summed E-state index contributed by atoms with van der Waals surface area (Å²) in [7, 11) is -2.39. The number of hydrogen-bond acceptors (Lipinski definition) is 8. The number of para-hydroxylation sites is 1. The topological polar surface area (TPSA) is 120 Å². The van der Waals surface area contributed by atoms with Gasteiger partial charge in [-0.15, -0.1) is 0 Å². The predicted octanol–water partition coefficient (Wildman–Crippen LogP) is 4.26. The molecule has 1 aromatic carbocycles. The van der Waals surface area contributed by atoms with E-state index >= 15 is 0 Å². The number of pyridine rings is 1. The Morgan fingerprint density at radius 1 is 1.13 bits per heavy atom. The molecule has 4 aromatic rings. The SMILES string of the molecule is COCC1CCN(c2cc(C(=O)NS(=O)(=O)c3ccoc3)nc3c2c(C2CCC2)nn3-c2ccccc2)CC1. The van der Waals surface area contributed by atoms with Gasteiger partial charge in [0.25, 0.3) is 15.9 Å². The normalized spacial score (nSPS) is 16.9. The number of carbonyl (C=O) groups is 1. The molecule has 0 unspecified atom stereocenters. The zero-order valence-corrected chi connectivity index (χ0v) is 22.6. The molecule has 0 atom stereocenters. The number of anilines is 1. The molecule has 1 aliphatic heterocycles. The minimum absolute atomic E-state index is 0.0147. The molecule has 0 spiro atoms. The third-order valence-corrected chi connectivity index (χ3v) is 9.07. The van der Waals surface area contributed by atoms with Crippen molar-refractivity contribution in [2.24, 2.45) is 5.92 Å². The van der Waals surface area contributed by atoms with Gasteiger partial charge in [0.15, 0.2) is 5.65 Å². The van der Waals surface area contributed by atoms with Gasteiger partial charge < -0.3 is 14.1 Å². The highest BCUT2D eigenvalue weighted by atomic mass is 32.2. The van der Waals surface area contributed by atoms with E-state index in [1.807, 2.05) is 30.3 Å². The summed E-state index contributed by atoms with van der Waals surface area (Å²) in [5, 5.41) is 5.98. The number of fused-ring (bicyclic) bond motifs is 1. The van der Waals surface area contributed by atoms with Gasteiger partial charge in [0, 0.05) is 32.7 Å². The molecule has 2 aliphatic rings. The summed E-state index contributed by atoms with van der Waals surface area (Å²) in [4.78, 5) is 20.3. The van der Waals surface area contributed by atoms with E-state index in [1.165, 1.54) is 12.3 Å². The number of ether oxygens (including phenoxy) is 1. The van der Waals surface area contributed by atoms with Crippen LogP contribution in [0.2, 0.25) is 0 Å². The lowest BCUT2D eigenvalue weighted by molar-refractivity contribution is 0.0977. The minimum atomic E-state index is -4.12. The van der Waals surface area contributed by atoms with Crippen LogP contribution in [0.3, 0.4) is 0 Å². The monoisotopic (exact) mass is 549 g/mol. The van der Waals surface area contributed by atoms with Crippen LogP contribution in [0.25, 0.3) is 16.7 Å². The molecular weight excluding hydrogens is 518 g/mol. The maximum Gasteiger partial charge on any atom is 0.283 e. The van der Waals surface area contributed by atoms with Crippen molar-refractivity contribution in [3.8, 4) is 5.69 Å². The highest BCUT2D eigenvalue weighted by molar-refractivity contribution is 7.90. The van der Waals surface area contributed by atoms with Gasteiger partial charge in [-0.05, 0) is 55.9 Å². The molecule has 1 aliphatic carbocycles. The second kappa shape index (κ2) is 10.5. The van der Waals surface area contributed by atoms with Gasteiger partial charge in [0.05, 0.1) is 28.7 Å². The molecule has 1 N–H and O–H groups in total. The van der Waals surface area contributed by atoms with Crippen LogP contribution in [-0.4, -0.2) is 55.9 Å². The summed E-state index contributed by atoms with van der Waals surface area (Å²) in [6.45, 7) is 2.31. The van der Waals surface area contributed by atoms with Crippen LogP contribution in [-0.2, 0) is 14.8 Å². The number of methoxy groups -OCH3 is 1. The van der Waals surface area contributed by atoms with E-state index in [2.05, 4.69) is 9.62 Å². The van der Waals surface area contributed by atoms with Crippen molar-refractivity contribution >= 4 is 32.7 Å². The predicted molar refractivity (Wildman–Crippen MR) is 146 cm³/mol. The Balaban J connectivity index is 1.48. The van der Waals surface area contributed by atoms with Crippen molar-refractivity contribution in [2.45, 2.75) is 42.9 Å². The molecule has 1 saturated carbocycles. The molecule has 1 saturated heterocycles. The number of nitrogens with one attached hydrogen (secondary N) is 1. The van der Waals surface area contributed by atoms with Gasteiger partial charge in [-0.2, -0.15) is 5.10 Å². The number of furan rings is 1. The first-order chi connectivity index (χ1) is 18.9. The van der Waals surface area contributed by atoms with E-state index in [9.17, 15) is 13.2 Å². The maximum absolute atomic E-state index is 13.4. The van der Waals surface area contributed by atoms with Crippen molar-refractivity contribution in [3.05, 3.63) is 66.4 Å². The second-order valence-corrected chi connectivity index (χ2v) is 11.9. The number of hydrogen-bond donors (Lipinski definition) is 1. The van der Waals surface area contributed by atoms with Crippen LogP contribution in [0.15, 0.2) is 64.3 Å². The van der Waals surface area contributed by atoms with Gasteiger partial charge in [0.1, 0.15) is 16.9 Å². The number of carbonyl (C=O) groups excluding carboxylic acids is 1. The van der Waals surface area contributed by atoms with Gasteiger partial charge in [-0.3, -0.25) is 4.79 Å². The van der Waals surface area contributed by atoms with Crippen molar-refractivity contribution in [3.63, 3.8) is 0 Å². The number of aromatic nitrogens is 3. The number of sulfonamides is 1. The summed E-state index contributed by atoms with van der Waals surface area (Å²) in [6.07, 6.45) is 7.51. The summed E-state index contributed by atoms with van der Waals surface area (Å²) < 4.78 is 39.8. The Kier molecular flexibility index (Phi) is 6.86. The Labute approximate surface area is 227 Å². The lowest BCUT2D eigenvalue weighted by Crippen LogP contribution is -2.36. The van der Waals surface area contributed by atoms with E-state index in [4.69, 9.17) is 19.2 Å². The van der Waals surface area contributed by atoms with Crippen molar-refractivity contribution in [1.29, 1.82) is 0 Å². The zero-order chi connectivity index (χ0) is 27.0. The molecule has 11 heteroatoms. The Morgan fingerprint density at radius 2 is 1.90 bits per heavy atom. The molecule has 1 amide bonds. The van der Waals surface area contributed by atoms with Gasteiger partial charge >= 0.3 is 0 Å². The van der Waals surface area contributed by atoms with Crippen LogP contribution in [0, 0.1) is 5.92 Å². The Hall–Kier alpha value is -3.70. The highest BCUT2D eigenvalue weighted by Gasteiger charge is 2.32. The Morgan fingerprint density at radius 3 is 2.54 bits per heavy atom. The van der Waals surface area contributed by atoms with Crippen molar-refractivity contribution < 1.29 is 22.4 Å². The number of rotatable bonds is 8. The van der Waals surface area contributed by atoms with Crippen LogP contribution >= 0.6 is 0 Å². The summed E-state index contributed by atoms with van der Waals surface area (Å²) in [5.41, 5.74) is 3.24. The molecule has 6 rings (SSSR count). The van der Waals surface area contributed by atoms with Gasteiger partial charge in [0.2, 0.25) is 0 Å². The van der Waals surface area contributed by atoms with Gasteiger partial charge in [-0.25, -0.2) is 22.8 Å². The summed E-state index contributed by atoms with van der Waals surface area (Å²) in [5.74, 6) is -0.00518. The fourth-order valence-electron chi connectivity index (χ4n) is 5.42.